The van der Waals surface area contributed by atoms with Gasteiger partial charge in [0, 0.05) is 36.9 Å². The van der Waals surface area contributed by atoms with Crippen LogP contribution in [0, 0.1) is 11.3 Å². The van der Waals surface area contributed by atoms with Crippen LogP contribution < -0.4 is 4.90 Å². The smallest absolute Gasteiger partial charge is 0.227 e. The van der Waals surface area contributed by atoms with Crippen LogP contribution in [0.2, 0.25) is 5.02 Å². The largest absolute Gasteiger partial charge is 0.368 e. The number of amides is 1. The lowest BCUT2D eigenvalue weighted by Gasteiger charge is -2.36. The number of benzene rings is 2. The topological polar surface area (TPSA) is 47.3 Å². The van der Waals surface area contributed by atoms with Crippen molar-refractivity contribution in [3.05, 3.63) is 64.7 Å². The van der Waals surface area contributed by atoms with Crippen LogP contribution in [0.4, 0.5) is 5.69 Å². The van der Waals surface area contributed by atoms with E-state index in [4.69, 9.17) is 16.9 Å². The molecule has 0 atom stereocenters. The van der Waals surface area contributed by atoms with E-state index < -0.39 is 0 Å². The second kappa shape index (κ2) is 7.37. The maximum atomic E-state index is 12.4. The summed E-state index contributed by atoms with van der Waals surface area (Å²) in [6.45, 7) is 2.95. The zero-order valence-electron chi connectivity index (χ0n) is 13.3. The number of anilines is 1. The summed E-state index contributed by atoms with van der Waals surface area (Å²) in [6, 6.07) is 17.2. The van der Waals surface area contributed by atoms with Gasteiger partial charge in [-0.2, -0.15) is 5.26 Å². The monoisotopic (exact) mass is 339 g/mol. The van der Waals surface area contributed by atoms with Crippen molar-refractivity contribution in [1.82, 2.24) is 4.90 Å². The molecular formula is C19H18ClN3O. The van der Waals surface area contributed by atoms with Gasteiger partial charge in [0.15, 0.2) is 0 Å². The van der Waals surface area contributed by atoms with Crippen molar-refractivity contribution < 1.29 is 4.79 Å². The Hall–Kier alpha value is -2.51. The molecule has 0 unspecified atom stereocenters. The molecule has 5 heteroatoms. The second-order valence-corrected chi connectivity index (χ2v) is 6.27. The van der Waals surface area contributed by atoms with Gasteiger partial charge in [-0.15, -0.1) is 0 Å². The summed E-state index contributed by atoms with van der Waals surface area (Å²) in [5.41, 5.74) is 2.68. The first-order chi connectivity index (χ1) is 11.7. The minimum absolute atomic E-state index is 0.141. The summed E-state index contributed by atoms with van der Waals surface area (Å²) < 4.78 is 0. The molecule has 0 saturated carbocycles. The molecule has 0 radical (unpaired) electrons. The molecule has 122 valence electrons. The predicted molar refractivity (Wildman–Crippen MR) is 95.1 cm³/mol. The number of hydrogen-bond donors (Lipinski definition) is 0. The fourth-order valence-electron chi connectivity index (χ4n) is 2.87. The zero-order valence-corrected chi connectivity index (χ0v) is 14.0. The molecule has 1 heterocycles. The van der Waals surface area contributed by atoms with Gasteiger partial charge in [-0.25, -0.2) is 0 Å². The van der Waals surface area contributed by atoms with E-state index in [1.54, 1.807) is 6.07 Å². The van der Waals surface area contributed by atoms with Crippen LogP contribution in [0.5, 0.6) is 0 Å². The SMILES string of the molecule is N#Cc1cccc(N2CCN(C(=O)Cc3ccc(Cl)cc3)CC2)c1. The molecule has 1 saturated heterocycles. The normalized spacial score (nSPS) is 14.3. The lowest BCUT2D eigenvalue weighted by atomic mass is 10.1. The van der Waals surface area contributed by atoms with E-state index >= 15 is 0 Å². The first-order valence-electron chi connectivity index (χ1n) is 7.93. The van der Waals surface area contributed by atoms with Crippen LogP contribution >= 0.6 is 11.6 Å². The van der Waals surface area contributed by atoms with E-state index in [0.717, 1.165) is 24.3 Å². The van der Waals surface area contributed by atoms with Gasteiger partial charge in [0.25, 0.3) is 0 Å². The first-order valence-corrected chi connectivity index (χ1v) is 8.31. The van der Waals surface area contributed by atoms with Gasteiger partial charge in [0.2, 0.25) is 5.91 Å². The minimum atomic E-state index is 0.141. The Labute approximate surface area is 146 Å². The highest BCUT2D eigenvalue weighted by Crippen LogP contribution is 2.18. The van der Waals surface area contributed by atoms with Crippen LogP contribution in [0.15, 0.2) is 48.5 Å². The molecule has 24 heavy (non-hydrogen) atoms. The summed E-state index contributed by atoms with van der Waals surface area (Å²) in [5, 5.41) is 9.68. The second-order valence-electron chi connectivity index (χ2n) is 5.83. The van der Waals surface area contributed by atoms with Gasteiger partial charge in [-0.1, -0.05) is 29.8 Å². The molecule has 0 aromatic heterocycles. The third kappa shape index (κ3) is 3.87. The summed E-state index contributed by atoms with van der Waals surface area (Å²) in [7, 11) is 0. The van der Waals surface area contributed by atoms with E-state index in [-0.39, 0.29) is 5.91 Å². The predicted octanol–water partition coefficient (Wildman–Crippen LogP) is 3.10. The quantitative estimate of drug-likeness (QED) is 0.863. The van der Waals surface area contributed by atoms with Crippen LogP contribution in [0.3, 0.4) is 0 Å². The number of rotatable bonds is 3. The summed E-state index contributed by atoms with van der Waals surface area (Å²) >= 11 is 5.87. The van der Waals surface area contributed by atoms with Crippen molar-refractivity contribution in [2.75, 3.05) is 31.1 Å². The highest BCUT2D eigenvalue weighted by molar-refractivity contribution is 6.30. The highest BCUT2D eigenvalue weighted by Gasteiger charge is 2.21. The molecule has 0 aliphatic carbocycles. The van der Waals surface area contributed by atoms with Crippen LogP contribution in [-0.2, 0) is 11.2 Å². The number of nitrogens with zero attached hydrogens (tertiary/aromatic N) is 3. The molecule has 1 fully saturated rings. The summed E-state index contributed by atoms with van der Waals surface area (Å²) in [4.78, 5) is 16.5. The van der Waals surface area contributed by atoms with Gasteiger partial charge in [0.05, 0.1) is 18.1 Å². The summed E-state index contributed by atoms with van der Waals surface area (Å²) in [5.74, 6) is 0.141. The average Bonchev–Trinajstić information content (AvgIpc) is 2.64. The number of halogens is 1. The standard InChI is InChI=1S/C19H18ClN3O/c20-17-6-4-15(5-7-17)13-19(24)23-10-8-22(9-11-23)18-3-1-2-16(12-18)14-21/h1-7,12H,8-11,13H2. The van der Waals surface area contributed by atoms with Gasteiger partial charge in [0.1, 0.15) is 0 Å². The number of hydrogen-bond acceptors (Lipinski definition) is 3. The Morgan fingerprint density at radius 1 is 1.08 bits per heavy atom. The number of piperazine rings is 1. The van der Waals surface area contributed by atoms with Gasteiger partial charge >= 0.3 is 0 Å². The Morgan fingerprint density at radius 2 is 1.79 bits per heavy atom. The van der Waals surface area contributed by atoms with Crippen LogP contribution in [-0.4, -0.2) is 37.0 Å². The molecule has 0 spiro atoms. The van der Waals surface area contributed by atoms with E-state index in [2.05, 4.69) is 11.0 Å². The van der Waals surface area contributed by atoms with E-state index in [9.17, 15) is 4.79 Å². The van der Waals surface area contributed by atoms with Crippen LogP contribution in [0.1, 0.15) is 11.1 Å². The molecule has 3 rings (SSSR count). The molecular weight excluding hydrogens is 322 g/mol. The summed E-state index contributed by atoms with van der Waals surface area (Å²) in [6.07, 6.45) is 0.404. The molecule has 1 aliphatic heterocycles. The average molecular weight is 340 g/mol. The van der Waals surface area contributed by atoms with Crippen LogP contribution in [0.25, 0.3) is 0 Å². The highest BCUT2D eigenvalue weighted by atomic mass is 35.5. The van der Waals surface area contributed by atoms with E-state index in [1.165, 1.54) is 0 Å². The van der Waals surface area contributed by atoms with Crippen molar-refractivity contribution >= 4 is 23.2 Å². The van der Waals surface area contributed by atoms with Crippen molar-refractivity contribution in [2.45, 2.75) is 6.42 Å². The molecule has 2 aromatic rings. The number of carbonyl (C=O) groups excluding carboxylic acids is 1. The van der Waals surface area contributed by atoms with Gasteiger partial charge in [-0.3, -0.25) is 4.79 Å². The third-order valence-electron chi connectivity index (χ3n) is 4.24. The Balaban J connectivity index is 1.57. The Kier molecular flexibility index (Phi) is 5.02. The molecule has 0 bridgehead atoms. The maximum Gasteiger partial charge on any atom is 0.227 e. The fraction of sp³-hybridized carbons (Fsp3) is 0.263. The van der Waals surface area contributed by atoms with Crippen molar-refractivity contribution in [3.63, 3.8) is 0 Å². The fourth-order valence-corrected chi connectivity index (χ4v) is 3.00. The Bertz CT molecular complexity index is 759. The maximum absolute atomic E-state index is 12.4. The van der Waals surface area contributed by atoms with Gasteiger partial charge in [-0.05, 0) is 35.9 Å². The van der Waals surface area contributed by atoms with Crippen molar-refractivity contribution in [3.8, 4) is 6.07 Å². The molecule has 0 N–H and O–H groups in total. The van der Waals surface area contributed by atoms with Crippen molar-refractivity contribution in [1.29, 1.82) is 5.26 Å². The molecule has 1 amide bonds. The molecule has 4 nitrogen and oxygen atoms in total. The number of carbonyl (C=O) groups is 1. The molecule has 2 aromatic carbocycles. The van der Waals surface area contributed by atoms with Crippen molar-refractivity contribution in [2.24, 2.45) is 0 Å². The lowest BCUT2D eigenvalue weighted by Crippen LogP contribution is -2.49. The van der Waals surface area contributed by atoms with E-state index in [0.29, 0.717) is 30.1 Å². The Morgan fingerprint density at radius 3 is 2.46 bits per heavy atom. The van der Waals surface area contributed by atoms with E-state index in [1.807, 2.05) is 47.4 Å². The minimum Gasteiger partial charge on any atom is -0.368 e. The number of nitriles is 1. The first kappa shape index (κ1) is 16.4. The van der Waals surface area contributed by atoms with Gasteiger partial charge < -0.3 is 9.80 Å². The lowest BCUT2D eigenvalue weighted by molar-refractivity contribution is -0.130. The third-order valence-corrected chi connectivity index (χ3v) is 4.49. The zero-order chi connectivity index (χ0) is 16.9. The molecule has 1 aliphatic rings.